The van der Waals surface area contributed by atoms with Crippen molar-refractivity contribution >= 4 is 22.1 Å². The summed E-state index contributed by atoms with van der Waals surface area (Å²) in [5, 5.41) is 33.9. The maximum atomic E-state index is 11.1. The molecule has 0 bridgehead atoms. The SMILES string of the molecule is CC(C)(C)Cn1c(COc2ccc(=O)[nH]n2)cc2cnc(C#N)nc21.COc1ccc(OCc2cc3cnc(C#N)nc3n2CC(C)(C)C)nn1. The zero-order chi connectivity index (χ0) is 36.8. The minimum Gasteiger partial charge on any atom is -0.480 e. The summed E-state index contributed by atoms with van der Waals surface area (Å²) in [5.74, 6) is 1.45. The number of rotatable bonds is 9. The molecule has 0 aliphatic heterocycles. The van der Waals surface area contributed by atoms with Gasteiger partial charge in [-0.15, -0.1) is 15.3 Å². The predicted octanol–water partition coefficient (Wildman–Crippen LogP) is 4.74. The standard InChI is InChI=1S/C18H20N6O2.C17H18N6O2/c1-18(2,3)11-24-13(7-12-9-20-14(8-19)21-17(12)24)10-26-16-6-5-15(25-4)22-23-16;1-17(2,3)10-23-12(9-25-15-5-4-14(24)21-22-15)6-11-8-19-13(7-18)20-16(11)23/h5-7,9H,10-11H2,1-4H3;4-6,8H,9-10H2,1-3H3,(H,21,24). The number of ether oxygens (including phenoxy) is 3. The van der Waals surface area contributed by atoms with Crippen molar-refractivity contribution in [2.45, 2.75) is 67.8 Å². The van der Waals surface area contributed by atoms with Crippen LogP contribution < -0.4 is 19.8 Å². The summed E-state index contributed by atoms with van der Waals surface area (Å²) in [5.41, 5.74) is 3.00. The van der Waals surface area contributed by atoms with E-state index in [4.69, 9.17) is 24.7 Å². The number of nitrogens with zero attached hydrogens (tertiary/aromatic N) is 11. The third-order valence-electron chi connectivity index (χ3n) is 7.12. The lowest BCUT2D eigenvalue weighted by Gasteiger charge is -2.21. The highest BCUT2D eigenvalue weighted by atomic mass is 16.5. The number of methoxy groups -OCH3 is 1. The van der Waals surface area contributed by atoms with Gasteiger partial charge in [-0.2, -0.15) is 10.5 Å². The van der Waals surface area contributed by atoms with Gasteiger partial charge in [0.15, 0.2) is 0 Å². The third-order valence-corrected chi connectivity index (χ3v) is 7.12. The molecule has 262 valence electrons. The van der Waals surface area contributed by atoms with Crippen molar-refractivity contribution in [1.29, 1.82) is 10.5 Å². The normalized spacial score (nSPS) is 11.4. The van der Waals surface area contributed by atoms with Crippen LogP contribution in [0.3, 0.4) is 0 Å². The number of H-pyrrole nitrogens is 1. The number of aromatic nitrogens is 10. The van der Waals surface area contributed by atoms with Crippen molar-refractivity contribution in [3.8, 4) is 29.8 Å². The summed E-state index contributed by atoms with van der Waals surface area (Å²) in [6, 6.07) is 14.1. The lowest BCUT2D eigenvalue weighted by atomic mass is 9.97. The van der Waals surface area contributed by atoms with Crippen LogP contribution in [0.4, 0.5) is 0 Å². The Morgan fingerprint density at radius 2 is 1.20 bits per heavy atom. The molecule has 0 amide bonds. The molecule has 0 aromatic carbocycles. The van der Waals surface area contributed by atoms with Crippen LogP contribution >= 0.6 is 0 Å². The summed E-state index contributed by atoms with van der Waals surface area (Å²) in [6.45, 7) is 14.8. The molecule has 6 rings (SSSR count). The van der Waals surface area contributed by atoms with Crippen LogP contribution in [0.1, 0.15) is 64.6 Å². The van der Waals surface area contributed by atoms with Crippen LogP contribution in [-0.4, -0.2) is 56.6 Å². The Kier molecular flexibility index (Phi) is 10.6. The van der Waals surface area contributed by atoms with Crippen molar-refractivity contribution < 1.29 is 14.2 Å². The molecule has 6 aromatic heterocycles. The van der Waals surface area contributed by atoms with E-state index in [-0.39, 0.29) is 34.6 Å². The summed E-state index contributed by atoms with van der Waals surface area (Å²) in [6.07, 6.45) is 3.30. The van der Waals surface area contributed by atoms with E-state index in [1.165, 1.54) is 19.2 Å². The quantitative estimate of drug-likeness (QED) is 0.218. The lowest BCUT2D eigenvalue weighted by Crippen LogP contribution is -2.18. The minimum absolute atomic E-state index is 0.00862. The first-order valence-electron chi connectivity index (χ1n) is 15.9. The van der Waals surface area contributed by atoms with Crippen molar-refractivity contribution in [1.82, 2.24) is 49.5 Å². The molecule has 51 heavy (non-hydrogen) atoms. The lowest BCUT2D eigenvalue weighted by molar-refractivity contribution is 0.267. The third kappa shape index (κ3) is 9.39. The summed E-state index contributed by atoms with van der Waals surface area (Å²) in [7, 11) is 1.53. The second-order valence-corrected chi connectivity index (χ2v) is 14.0. The minimum atomic E-state index is -0.284. The average Bonchev–Trinajstić information content (AvgIpc) is 3.61. The summed E-state index contributed by atoms with van der Waals surface area (Å²) < 4.78 is 20.5. The van der Waals surface area contributed by atoms with E-state index in [9.17, 15) is 4.79 Å². The second kappa shape index (κ2) is 15.0. The molecule has 0 spiro atoms. The molecule has 6 heterocycles. The topological polar surface area (TPSA) is 208 Å². The fourth-order valence-electron chi connectivity index (χ4n) is 5.04. The van der Waals surface area contributed by atoms with Crippen LogP contribution in [0, 0.1) is 33.5 Å². The zero-order valence-electron chi connectivity index (χ0n) is 29.5. The zero-order valence-corrected chi connectivity index (χ0v) is 29.5. The number of fused-ring (bicyclic) bond motifs is 2. The molecule has 16 heteroatoms. The molecule has 0 atom stereocenters. The van der Waals surface area contributed by atoms with Gasteiger partial charge in [-0.05, 0) is 23.0 Å². The first-order valence-corrected chi connectivity index (χ1v) is 15.9. The molecule has 0 fully saturated rings. The average molecular weight is 691 g/mol. The van der Waals surface area contributed by atoms with E-state index in [2.05, 4.69) is 86.4 Å². The van der Waals surface area contributed by atoms with Crippen molar-refractivity contribution in [3.05, 3.63) is 82.2 Å². The fraction of sp³-hybridized carbons (Fsp3) is 0.371. The van der Waals surface area contributed by atoms with Crippen molar-refractivity contribution in [2.75, 3.05) is 7.11 Å². The van der Waals surface area contributed by atoms with E-state index < -0.39 is 0 Å². The molecular formula is C35H38N12O4. The first-order chi connectivity index (χ1) is 24.2. The largest absolute Gasteiger partial charge is 0.480 e. The predicted molar refractivity (Wildman–Crippen MR) is 186 cm³/mol. The molecule has 0 saturated carbocycles. The van der Waals surface area contributed by atoms with E-state index in [0.717, 1.165) is 34.4 Å². The Hall–Kier alpha value is -6.42. The highest BCUT2D eigenvalue weighted by molar-refractivity contribution is 5.77. The van der Waals surface area contributed by atoms with Gasteiger partial charge in [-0.25, -0.2) is 25.0 Å². The molecule has 6 aromatic rings. The van der Waals surface area contributed by atoms with Crippen LogP contribution in [0.5, 0.6) is 17.6 Å². The molecule has 16 nitrogen and oxygen atoms in total. The molecule has 0 radical (unpaired) electrons. The van der Waals surface area contributed by atoms with Crippen LogP contribution in [0.25, 0.3) is 22.1 Å². The maximum absolute atomic E-state index is 11.1. The fourth-order valence-corrected chi connectivity index (χ4v) is 5.04. The highest BCUT2D eigenvalue weighted by Gasteiger charge is 2.20. The smallest absolute Gasteiger partial charge is 0.264 e. The number of nitrogens with one attached hydrogen (secondary N) is 1. The number of hydrogen-bond donors (Lipinski definition) is 1. The molecule has 0 saturated heterocycles. The Balaban J connectivity index is 0.000000198. The van der Waals surface area contributed by atoms with Gasteiger partial charge in [0.2, 0.25) is 29.3 Å². The van der Waals surface area contributed by atoms with Crippen molar-refractivity contribution in [3.63, 3.8) is 0 Å². The number of aromatic amines is 1. The van der Waals surface area contributed by atoms with Gasteiger partial charge >= 0.3 is 0 Å². The maximum Gasteiger partial charge on any atom is 0.264 e. The Labute approximate surface area is 293 Å². The van der Waals surface area contributed by atoms with E-state index >= 15 is 0 Å². The number of nitriles is 2. The summed E-state index contributed by atoms with van der Waals surface area (Å²) >= 11 is 0. The van der Waals surface area contributed by atoms with E-state index in [0.29, 0.717) is 36.4 Å². The Bertz CT molecular complexity index is 2260. The van der Waals surface area contributed by atoms with E-state index in [1.807, 2.05) is 28.8 Å². The van der Waals surface area contributed by atoms with Gasteiger partial charge in [0, 0.05) is 60.5 Å². The number of hydrogen-bond acceptors (Lipinski definition) is 13. The highest BCUT2D eigenvalue weighted by Crippen LogP contribution is 2.26. The van der Waals surface area contributed by atoms with Gasteiger partial charge in [0.25, 0.3) is 5.56 Å². The van der Waals surface area contributed by atoms with Gasteiger partial charge in [0.05, 0.1) is 18.5 Å². The Morgan fingerprint density at radius 3 is 1.61 bits per heavy atom. The first kappa shape index (κ1) is 35.9. The van der Waals surface area contributed by atoms with Crippen LogP contribution in [-0.2, 0) is 26.3 Å². The van der Waals surface area contributed by atoms with E-state index in [1.54, 1.807) is 24.5 Å². The van der Waals surface area contributed by atoms with Gasteiger partial charge < -0.3 is 23.3 Å². The molecule has 0 aliphatic carbocycles. The van der Waals surface area contributed by atoms with Gasteiger partial charge in [-0.3, -0.25) is 4.79 Å². The summed E-state index contributed by atoms with van der Waals surface area (Å²) in [4.78, 5) is 27.8. The molecule has 1 N–H and O–H groups in total. The van der Waals surface area contributed by atoms with Gasteiger partial charge in [-0.1, -0.05) is 41.5 Å². The monoisotopic (exact) mass is 690 g/mol. The van der Waals surface area contributed by atoms with Crippen LogP contribution in [0.15, 0.2) is 53.6 Å². The Morgan fingerprint density at radius 1 is 0.725 bits per heavy atom. The van der Waals surface area contributed by atoms with Gasteiger partial charge in [0.1, 0.15) is 36.6 Å². The second-order valence-electron chi connectivity index (χ2n) is 14.0. The molecule has 0 aliphatic rings. The van der Waals surface area contributed by atoms with Crippen LogP contribution in [0.2, 0.25) is 0 Å². The van der Waals surface area contributed by atoms with Crippen molar-refractivity contribution in [2.24, 2.45) is 10.8 Å². The molecular weight excluding hydrogens is 652 g/mol. The molecule has 0 unspecified atom stereocenters.